The monoisotopic (exact) mass is 241 g/mol. The number of aliphatic hydroxyl groups is 1. The van der Waals surface area contributed by atoms with Gasteiger partial charge in [-0.1, -0.05) is 25.7 Å². The first-order valence-electron chi connectivity index (χ1n) is 7.16. The van der Waals surface area contributed by atoms with Gasteiger partial charge in [-0.05, 0) is 32.1 Å². The Kier molecular flexibility index (Phi) is 7.25. The summed E-state index contributed by atoms with van der Waals surface area (Å²) in [7, 11) is 0. The van der Waals surface area contributed by atoms with Gasteiger partial charge in [0.25, 0.3) is 0 Å². The molecule has 1 N–H and O–H groups in total. The van der Waals surface area contributed by atoms with Crippen LogP contribution >= 0.6 is 0 Å². The fourth-order valence-corrected chi connectivity index (χ4v) is 2.66. The molecular formula is C14H27NO2. The third-order valence-electron chi connectivity index (χ3n) is 3.76. The third-order valence-corrected chi connectivity index (χ3v) is 3.76. The van der Waals surface area contributed by atoms with E-state index in [1.165, 1.54) is 38.5 Å². The molecule has 0 bridgehead atoms. The van der Waals surface area contributed by atoms with Crippen LogP contribution in [0, 0.1) is 5.92 Å². The Balaban J connectivity index is 2.33. The second-order valence-corrected chi connectivity index (χ2v) is 5.11. The molecule has 17 heavy (non-hydrogen) atoms. The maximum Gasteiger partial charge on any atom is 0.222 e. The van der Waals surface area contributed by atoms with Gasteiger partial charge in [-0.25, -0.2) is 0 Å². The average molecular weight is 241 g/mol. The summed E-state index contributed by atoms with van der Waals surface area (Å²) in [5, 5.41) is 8.81. The Labute approximate surface area is 105 Å². The molecule has 0 aromatic heterocycles. The highest BCUT2D eigenvalue weighted by Crippen LogP contribution is 2.25. The van der Waals surface area contributed by atoms with Crippen molar-refractivity contribution in [2.75, 3.05) is 19.7 Å². The van der Waals surface area contributed by atoms with Crippen LogP contribution in [-0.4, -0.2) is 35.6 Å². The molecule has 1 fully saturated rings. The molecule has 0 radical (unpaired) electrons. The first kappa shape index (κ1) is 14.5. The maximum absolute atomic E-state index is 12.1. The maximum atomic E-state index is 12.1. The van der Waals surface area contributed by atoms with E-state index in [-0.39, 0.29) is 12.5 Å². The van der Waals surface area contributed by atoms with Crippen LogP contribution in [0.3, 0.4) is 0 Å². The van der Waals surface area contributed by atoms with Gasteiger partial charge in [0.1, 0.15) is 0 Å². The minimum absolute atomic E-state index is 0.174. The normalized spacial score (nSPS) is 17.8. The molecule has 100 valence electrons. The van der Waals surface area contributed by atoms with Crippen molar-refractivity contribution >= 4 is 5.91 Å². The van der Waals surface area contributed by atoms with Gasteiger partial charge in [0.05, 0.1) is 0 Å². The first-order chi connectivity index (χ1) is 8.27. The lowest BCUT2D eigenvalue weighted by Gasteiger charge is -2.23. The molecule has 1 saturated carbocycles. The Hall–Kier alpha value is -0.570. The lowest BCUT2D eigenvalue weighted by molar-refractivity contribution is -0.132. The lowest BCUT2D eigenvalue weighted by atomic mass is 9.96. The first-order valence-corrected chi connectivity index (χ1v) is 7.16. The topological polar surface area (TPSA) is 40.5 Å². The molecule has 0 saturated heterocycles. The molecule has 3 nitrogen and oxygen atoms in total. The number of hydrogen-bond donors (Lipinski definition) is 1. The lowest BCUT2D eigenvalue weighted by Crippen LogP contribution is -2.33. The van der Waals surface area contributed by atoms with Crippen LogP contribution in [0.4, 0.5) is 0 Å². The minimum Gasteiger partial charge on any atom is -0.396 e. The van der Waals surface area contributed by atoms with E-state index in [4.69, 9.17) is 5.11 Å². The molecule has 1 aliphatic rings. The van der Waals surface area contributed by atoms with Crippen LogP contribution < -0.4 is 0 Å². The molecule has 3 heteroatoms. The highest BCUT2D eigenvalue weighted by Gasteiger charge is 2.19. The van der Waals surface area contributed by atoms with Crippen LogP contribution in [0.2, 0.25) is 0 Å². The summed E-state index contributed by atoms with van der Waals surface area (Å²) < 4.78 is 0. The standard InChI is InChI=1S/C14H27NO2/c1-2-15(10-7-11-16)14(17)12-13-8-5-3-4-6-9-13/h13,16H,2-12H2,1H3. The second kappa shape index (κ2) is 8.51. The quantitative estimate of drug-likeness (QED) is 0.726. The van der Waals surface area contributed by atoms with Gasteiger partial charge in [0.2, 0.25) is 5.91 Å². The zero-order valence-corrected chi connectivity index (χ0v) is 11.2. The van der Waals surface area contributed by atoms with Gasteiger partial charge in [-0.3, -0.25) is 4.79 Å². The Morgan fingerprint density at radius 3 is 2.41 bits per heavy atom. The fraction of sp³-hybridized carbons (Fsp3) is 0.929. The molecule has 1 amide bonds. The van der Waals surface area contributed by atoms with Crippen molar-refractivity contribution in [2.45, 2.75) is 58.3 Å². The summed E-state index contributed by atoms with van der Waals surface area (Å²) in [6.07, 6.45) is 9.14. The number of amides is 1. The molecule has 0 aromatic rings. The highest BCUT2D eigenvalue weighted by atomic mass is 16.3. The van der Waals surface area contributed by atoms with Crippen molar-refractivity contribution in [2.24, 2.45) is 5.92 Å². The minimum atomic E-state index is 0.174. The molecular weight excluding hydrogens is 214 g/mol. The van der Waals surface area contributed by atoms with Crippen molar-refractivity contribution in [3.8, 4) is 0 Å². The van der Waals surface area contributed by atoms with Gasteiger partial charge < -0.3 is 10.0 Å². The third kappa shape index (κ3) is 5.53. The highest BCUT2D eigenvalue weighted by molar-refractivity contribution is 5.76. The number of carbonyl (C=O) groups is 1. The van der Waals surface area contributed by atoms with E-state index in [2.05, 4.69) is 0 Å². The molecule has 0 atom stereocenters. The van der Waals surface area contributed by atoms with Crippen LogP contribution in [0.25, 0.3) is 0 Å². The number of hydrogen-bond acceptors (Lipinski definition) is 2. The summed E-state index contributed by atoms with van der Waals surface area (Å²) in [4.78, 5) is 14.0. The molecule has 0 heterocycles. The zero-order chi connectivity index (χ0) is 12.5. The van der Waals surface area contributed by atoms with E-state index in [0.717, 1.165) is 13.0 Å². The van der Waals surface area contributed by atoms with Crippen LogP contribution in [0.5, 0.6) is 0 Å². The molecule has 0 aliphatic heterocycles. The largest absolute Gasteiger partial charge is 0.396 e. The van der Waals surface area contributed by atoms with E-state index in [1.54, 1.807) is 0 Å². The number of aliphatic hydroxyl groups excluding tert-OH is 1. The smallest absolute Gasteiger partial charge is 0.222 e. The predicted octanol–water partition coefficient (Wildman–Crippen LogP) is 2.58. The number of rotatable bonds is 6. The van der Waals surface area contributed by atoms with Crippen LogP contribution in [-0.2, 0) is 4.79 Å². The van der Waals surface area contributed by atoms with E-state index in [1.807, 2.05) is 11.8 Å². The molecule has 0 spiro atoms. The second-order valence-electron chi connectivity index (χ2n) is 5.11. The van der Waals surface area contributed by atoms with Crippen molar-refractivity contribution < 1.29 is 9.90 Å². The van der Waals surface area contributed by atoms with Crippen molar-refractivity contribution in [3.05, 3.63) is 0 Å². The van der Waals surface area contributed by atoms with Crippen molar-refractivity contribution in [3.63, 3.8) is 0 Å². The molecule has 0 aromatic carbocycles. The Morgan fingerprint density at radius 2 is 1.88 bits per heavy atom. The van der Waals surface area contributed by atoms with Crippen LogP contribution in [0.15, 0.2) is 0 Å². The van der Waals surface area contributed by atoms with Gasteiger partial charge in [0.15, 0.2) is 0 Å². The molecule has 1 rings (SSSR count). The van der Waals surface area contributed by atoms with E-state index >= 15 is 0 Å². The van der Waals surface area contributed by atoms with Gasteiger partial charge >= 0.3 is 0 Å². The van der Waals surface area contributed by atoms with Gasteiger partial charge in [-0.15, -0.1) is 0 Å². The van der Waals surface area contributed by atoms with Crippen molar-refractivity contribution in [1.82, 2.24) is 4.90 Å². The van der Waals surface area contributed by atoms with E-state index in [0.29, 0.717) is 18.9 Å². The van der Waals surface area contributed by atoms with Gasteiger partial charge in [-0.2, -0.15) is 0 Å². The molecule has 0 unspecified atom stereocenters. The summed E-state index contributed by atoms with van der Waals surface area (Å²) >= 11 is 0. The number of nitrogens with zero attached hydrogens (tertiary/aromatic N) is 1. The van der Waals surface area contributed by atoms with E-state index in [9.17, 15) is 4.79 Å². The SMILES string of the molecule is CCN(CCCO)C(=O)CC1CCCCCC1. The summed E-state index contributed by atoms with van der Waals surface area (Å²) in [6.45, 7) is 3.67. The summed E-state index contributed by atoms with van der Waals surface area (Å²) in [5.74, 6) is 0.890. The summed E-state index contributed by atoms with van der Waals surface area (Å²) in [5.41, 5.74) is 0. The van der Waals surface area contributed by atoms with Crippen LogP contribution in [0.1, 0.15) is 58.3 Å². The van der Waals surface area contributed by atoms with Crippen molar-refractivity contribution in [1.29, 1.82) is 0 Å². The Bertz CT molecular complexity index is 210. The average Bonchev–Trinajstić information content (AvgIpc) is 2.58. The predicted molar refractivity (Wildman–Crippen MR) is 69.8 cm³/mol. The van der Waals surface area contributed by atoms with Gasteiger partial charge in [0, 0.05) is 26.1 Å². The zero-order valence-electron chi connectivity index (χ0n) is 11.2. The fourth-order valence-electron chi connectivity index (χ4n) is 2.66. The molecule has 1 aliphatic carbocycles. The van der Waals surface area contributed by atoms with E-state index < -0.39 is 0 Å². The Morgan fingerprint density at radius 1 is 1.24 bits per heavy atom. The number of carbonyl (C=O) groups excluding carboxylic acids is 1. The summed E-state index contributed by atoms with van der Waals surface area (Å²) in [6, 6.07) is 0.